The molecular weight excluding hydrogens is 283 g/mol. The summed E-state index contributed by atoms with van der Waals surface area (Å²) in [5.74, 6) is -0.253. The van der Waals surface area contributed by atoms with Gasteiger partial charge in [-0.1, -0.05) is 35.3 Å². The molecule has 0 aliphatic carbocycles. The van der Waals surface area contributed by atoms with Gasteiger partial charge in [-0.2, -0.15) is 0 Å². The number of hydrogen-bond donors (Lipinski definition) is 1. The summed E-state index contributed by atoms with van der Waals surface area (Å²) >= 11 is 12.0. The van der Waals surface area contributed by atoms with Gasteiger partial charge in [-0.15, -0.1) is 0 Å². The van der Waals surface area contributed by atoms with Crippen LogP contribution in [0.4, 0.5) is 11.4 Å². The third-order valence-electron chi connectivity index (χ3n) is 2.78. The lowest BCUT2D eigenvalue weighted by Crippen LogP contribution is -2.13. The molecule has 2 aromatic carbocycles. The zero-order valence-electron chi connectivity index (χ0n) is 9.65. The van der Waals surface area contributed by atoms with Crippen molar-refractivity contribution in [2.24, 2.45) is 4.99 Å². The third-order valence-corrected chi connectivity index (χ3v) is 3.34. The minimum Gasteiger partial charge on any atom is -0.320 e. The first kappa shape index (κ1) is 12.2. The number of carbonyl (C=O) groups excluding carboxylic acids is 1. The van der Waals surface area contributed by atoms with Crippen LogP contribution in [0.15, 0.2) is 47.5 Å². The quantitative estimate of drug-likeness (QED) is 0.845. The summed E-state index contributed by atoms with van der Waals surface area (Å²) < 4.78 is 0. The number of rotatable bonds is 1. The number of amides is 1. The van der Waals surface area contributed by atoms with Gasteiger partial charge >= 0.3 is 0 Å². The van der Waals surface area contributed by atoms with Crippen molar-refractivity contribution in [1.82, 2.24) is 0 Å². The summed E-state index contributed by atoms with van der Waals surface area (Å²) in [7, 11) is 0. The number of benzene rings is 2. The van der Waals surface area contributed by atoms with Crippen molar-refractivity contribution < 1.29 is 4.79 Å². The van der Waals surface area contributed by atoms with E-state index < -0.39 is 0 Å². The van der Waals surface area contributed by atoms with Crippen LogP contribution in [0, 0.1) is 0 Å². The van der Waals surface area contributed by atoms with Gasteiger partial charge in [0, 0.05) is 10.6 Å². The molecule has 2 aromatic rings. The largest absolute Gasteiger partial charge is 0.320 e. The second kappa shape index (κ2) is 4.68. The van der Waals surface area contributed by atoms with Gasteiger partial charge in [-0.25, -0.2) is 4.99 Å². The van der Waals surface area contributed by atoms with Crippen LogP contribution in [0.3, 0.4) is 0 Å². The monoisotopic (exact) mass is 290 g/mol. The standard InChI is InChI=1S/C14H8Cl2N2O/c15-8-5-6-11-9(7-8)13(14(19)18-11)17-12-4-2-1-3-10(12)16/h1-7H,(H,17,18,19). The normalized spacial score (nSPS) is 15.5. The van der Waals surface area contributed by atoms with Crippen LogP contribution in [-0.2, 0) is 4.79 Å². The zero-order chi connectivity index (χ0) is 13.4. The molecule has 0 bridgehead atoms. The minimum atomic E-state index is -0.253. The molecule has 0 fully saturated rings. The first-order valence-corrected chi connectivity index (χ1v) is 6.35. The van der Waals surface area contributed by atoms with Crippen molar-refractivity contribution in [3.05, 3.63) is 58.1 Å². The van der Waals surface area contributed by atoms with E-state index in [-0.39, 0.29) is 5.91 Å². The predicted octanol–water partition coefficient (Wildman–Crippen LogP) is 4.07. The van der Waals surface area contributed by atoms with E-state index in [4.69, 9.17) is 23.2 Å². The number of anilines is 1. The molecule has 3 nitrogen and oxygen atoms in total. The van der Waals surface area contributed by atoms with Gasteiger partial charge in [-0.05, 0) is 30.3 Å². The van der Waals surface area contributed by atoms with Crippen LogP contribution in [0.5, 0.6) is 0 Å². The number of hydrogen-bond acceptors (Lipinski definition) is 2. The molecule has 0 unspecified atom stereocenters. The van der Waals surface area contributed by atoms with Crippen molar-refractivity contribution in [1.29, 1.82) is 0 Å². The lowest BCUT2D eigenvalue weighted by atomic mass is 10.1. The van der Waals surface area contributed by atoms with Crippen molar-refractivity contribution in [2.75, 3.05) is 5.32 Å². The lowest BCUT2D eigenvalue weighted by Gasteiger charge is -2.00. The SMILES string of the molecule is O=C1Nc2ccc(Cl)cc2C1=Nc1ccccc1Cl. The van der Waals surface area contributed by atoms with Gasteiger partial charge in [-0.3, -0.25) is 4.79 Å². The van der Waals surface area contributed by atoms with E-state index in [1.165, 1.54) is 0 Å². The van der Waals surface area contributed by atoms with Gasteiger partial charge in [0.05, 0.1) is 16.4 Å². The number of carbonyl (C=O) groups is 1. The van der Waals surface area contributed by atoms with E-state index in [9.17, 15) is 4.79 Å². The molecule has 0 radical (unpaired) electrons. The van der Waals surface area contributed by atoms with Gasteiger partial charge in [0.25, 0.3) is 5.91 Å². The smallest absolute Gasteiger partial charge is 0.275 e. The summed E-state index contributed by atoms with van der Waals surface area (Å²) in [4.78, 5) is 16.3. The third kappa shape index (κ3) is 2.23. The van der Waals surface area contributed by atoms with Crippen LogP contribution >= 0.6 is 23.2 Å². The average molecular weight is 291 g/mol. The highest BCUT2D eigenvalue weighted by Gasteiger charge is 2.26. The molecule has 1 aliphatic heterocycles. The Morgan fingerprint density at radius 3 is 2.63 bits per heavy atom. The predicted molar refractivity (Wildman–Crippen MR) is 77.7 cm³/mol. The molecular formula is C14H8Cl2N2O. The second-order valence-corrected chi connectivity index (χ2v) is 4.90. The van der Waals surface area contributed by atoms with Crippen LogP contribution < -0.4 is 5.32 Å². The number of aliphatic imine (C=N–C) groups is 1. The van der Waals surface area contributed by atoms with E-state index in [1.54, 1.807) is 30.3 Å². The maximum Gasteiger partial charge on any atom is 0.275 e. The molecule has 0 saturated heterocycles. The molecule has 0 atom stereocenters. The van der Waals surface area contributed by atoms with E-state index in [1.807, 2.05) is 12.1 Å². The van der Waals surface area contributed by atoms with Crippen LogP contribution in [-0.4, -0.2) is 11.6 Å². The molecule has 0 aromatic heterocycles. The molecule has 94 valence electrons. The number of nitrogens with one attached hydrogen (secondary N) is 1. The molecule has 1 N–H and O–H groups in total. The van der Waals surface area contributed by atoms with Crippen LogP contribution in [0.1, 0.15) is 5.56 Å². The molecule has 19 heavy (non-hydrogen) atoms. The number of para-hydroxylation sites is 1. The Bertz CT molecular complexity index is 710. The van der Waals surface area contributed by atoms with E-state index >= 15 is 0 Å². The number of halogens is 2. The van der Waals surface area contributed by atoms with Gasteiger partial charge in [0.1, 0.15) is 5.71 Å². The molecule has 0 saturated carbocycles. The minimum absolute atomic E-state index is 0.253. The Kier molecular flexibility index (Phi) is 3.01. The fraction of sp³-hybridized carbons (Fsp3) is 0. The summed E-state index contributed by atoms with van der Waals surface area (Å²) in [5.41, 5.74) is 2.28. The molecule has 1 heterocycles. The molecule has 1 aliphatic rings. The Morgan fingerprint density at radius 2 is 1.84 bits per heavy atom. The Balaban J connectivity index is 2.14. The van der Waals surface area contributed by atoms with Crippen LogP contribution in [0.2, 0.25) is 10.0 Å². The van der Waals surface area contributed by atoms with Crippen molar-refractivity contribution in [2.45, 2.75) is 0 Å². The van der Waals surface area contributed by atoms with Gasteiger partial charge in [0.15, 0.2) is 0 Å². The van der Waals surface area contributed by atoms with Crippen molar-refractivity contribution in [3.63, 3.8) is 0 Å². The zero-order valence-corrected chi connectivity index (χ0v) is 11.2. The summed E-state index contributed by atoms with van der Waals surface area (Å²) in [6.45, 7) is 0. The number of nitrogens with zero attached hydrogens (tertiary/aromatic N) is 1. The van der Waals surface area contributed by atoms with Crippen molar-refractivity contribution in [3.8, 4) is 0 Å². The first-order chi connectivity index (χ1) is 9.15. The summed E-state index contributed by atoms with van der Waals surface area (Å²) in [6, 6.07) is 12.3. The van der Waals surface area contributed by atoms with Crippen LogP contribution in [0.25, 0.3) is 0 Å². The topological polar surface area (TPSA) is 41.5 Å². The molecule has 3 rings (SSSR count). The highest BCUT2D eigenvalue weighted by Crippen LogP contribution is 2.30. The summed E-state index contributed by atoms with van der Waals surface area (Å²) in [6.07, 6.45) is 0. The molecule has 5 heteroatoms. The Morgan fingerprint density at radius 1 is 1.05 bits per heavy atom. The lowest BCUT2D eigenvalue weighted by molar-refractivity contribution is -0.110. The maximum atomic E-state index is 11.9. The first-order valence-electron chi connectivity index (χ1n) is 5.59. The van der Waals surface area contributed by atoms with E-state index in [0.29, 0.717) is 32.7 Å². The van der Waals surface area contributed by atoms with Gasteiger partial charge < -0.3 is 5.32 Å². The molecule has 0 spiro atoms. The second-order valence-electron chi connectivity index (χ2n) is 4.06. The highest BCUT2D eigenvalue weighted by molar-refractivity contribution is 6.54. The maximum absolute atomic E-state index is 11.9. The Labute approximate surface area is 119 Å². The number of fused-ring (bicyclic) bond motifs is 1. The van der Waals surface area contributed by atoms with E-state index in [2.05, 4.69) is 10.3 Å². The highest BCUT2D eigenvalue weighted by atomic mass is 35.5. The van der Waals surface area contributed by atoms with Gasteiger partial charge in [0.2, 0.25) is 0 Å². The van der Waals surface area contributed by atoms with E-state index in [0.717, 1.165) is 0 Å². The Hall–Kier alpha value is -1.84. The summed E-state index contributed by atoms with van der Waals surface area (Å²) in [5, 5.41) is 3.80. The average Bonchev–Trinajstić information content (AvgIpc) is 2.69. The molecule has 1 amide bonds. The van der Waals surface area contributed by atoms with Crippen molar-refractivity contribution >= 4 is 46.2 Å². The fourth-order valence-corrected chi connectivity index (χ4v) is 2.25. The fourth-order valence-electron chi connectivity index (χ4n) is 1.90.